The van der Waals surface area contributed by atoms with Crippen molar-refractivity contribution in [2.45, 2.75) is 32.9 Å². The molecule has 0 saturated carbocycles. The van der Waals surface area contributed by atoms with Gasteiger partial charge in [-0.05, 0) is 6.42 Å². The van der Waals surface area contributed by atoms with E-state index in [0.29, 0.717) is 24.3 Å². The highest BCUT2D eigenvalue weighted by Crippen LogP contribution is 2.20. The summed E-state index contributed by atoms with van der Waals surface area (Å²) in [7, 11) is 0. The molecule has 2 heterocycles. The first-order chi connectivity index (χ1) is 9.10. The molecular weight excluding hydrogens is 266 g/mol. The van der Waals surface area contributed by atoms with Crippen LogP contribution in [-0.4, -0.2) is 19.1 Å². The number of aromatic nitrogens is 4. The van der Waals surface area contributed by atoms with Crippen molar-refractivity contribution in [3.8, 4) is 0 Å². The minimum atomic E-state index is -0.162. The van der Waals surface area contributed by atoms with Crippen molar-refractivity contribution in [3.05, 3.63) is 28.3 Å². The monoisotopic (exact) mass is 281 g/mol. The Balaban J connectivity index is 2.76. The Morgan fingerprint density at radius 3 is 2.79 bits per heavy atom. The van der Waals surface area contributed by atoms with E-state index in [4.69, 9.17) is 17.3 Å². The van der Waals surface area contributed by atoms with E-state index in [-0.39, 0.29) is 16.8 Å². The molecule has 7 heteroatoms. The molecule has 0 aliphatic carbocycles. The van der Waals surface area contributed by atoms with Gasteiger partial charge in [-0.3, -0.25) is 9.13 Å². The summed E-state index contributed by atoms with van der Waals surface area (Å²) in [5, 5.41) is 0.191. The number of nitrogens with zero attached hydrogens (tertiary/aromatic N) is 4. The molecule has 0 saturated heterocycles. The van der Waals surface area contributed by atoms with E-state index in [1.807, 2.05) is 0 Å². The van der Waals surface area contributed by atoms with Gasteiger partial charge in [-0.25, -0.2) is 4.79 Å². The molecule has 0 spiro atoms. The Labute approximate surface area is 115 Å². The zero-order valence-corrected chi connectivity index (χ0v) is 11.5. The fourth-order valence-electron chi connectivity index (χ4n) is 2.00. The van der Waals surface area contributed by atoms with Crippen LogP contribution in [0.3, 0.4) is 0 Å². The molecule has 0 fully saturated rings. The maximum absolute atomic E-state index is 12.4. The number of unbranched alkanes of at least 4 members (excludes halogenated alkanes) is 1. The van der Waals surface area contributed by atoms with Gasteiger partial charge in [-0.2, -0.15) is 9.97 Å². The van der Waals surface area contributed by atoms with Gasteiger partial charge in [0.25, 0.3) is 0 Å². The second-order valence-corrected chi connectivity index (χ2v) is 4.59. The van der Waals surface area contributed by atoms with E-state index in [1.165, 1.54) is 4.57 Å². The zero-order chi connectivity index (χ0) is 14.0. The van der Waals surface area contributed by atoms with Gasteiger partial charge in [0.05, 0.1) is 0 Å². The highest BCUT2D eigenvalue weighted by Gasteiger charge is 2.17. The first-order valence-corrected chi connectivity index (χ1v) is 6.50. The highest BCUT2D eigenvalue weighted by atomic mass is 35.5. The lowest BCUT2D eigenvalue weighted by molar-refractivity contribution is 0.605. The van der Waals surface area contributed by atoms with E-state index in [0.717, 1.165) is 12.8 Å². The molecular formula is C12H16ClN5O. The van der Waals surface area contributed by atoms with Gasteiger partial charge >= 0.3 is 5.69 Å². The Hall–Kier alpha value is -1.82. The summed E-state index contributed by atoms with van der Waals surface area (Å²) in [5.41, 5.74) is 6.44. The number of hydrogen-bond donors (Lipinski definition) is 1. The fraction of sp³-hybridized carbons (Fsp3) is 0.417. The van der Waals surface area contributed by atoms with Crippen molar-refractivity contribution in [2.24, 2.45) is 0 Å². The minimum Gasteiger partial charge on any atom is -0.368 e. The fourth-order valence-corrected chi connectivity index (χ4v) is 2.27. The molecule has 0 amide bonds. The molecule has 2 N–H and O–H groups in total. The van der Waals surface area contributed by atoms with Crippen molar-refractivity contribution in [2.75, 3.05) is 5.73 Å². The number of fused-ring (bicyclic) bond motifs is 1. The number of allylic oxidation sites excluding steroid dienone is 1. The van der Waals surface area contributed by atoms with Crippen LogP contribution < -0.4 is 11.4 Å². The number of halogens is 1. The number of hydrogen-bond acceptors (Lipinski definition) is 4. The van der Waals surface area contributed by atoms with Crippen molar-refractivity contribution >= 4 is 28.7 Å². The predicted molar refractivity (Wildman–Crippen MR) is 76.3 cm³/mol. The molecule has 19 heavy (non-hydrogen) atoms. The average Bonchev–Trinajstić information content (AvgIpc) is 2.61. The van der Waals surface area contributed by atoms with E-state index in [9.17, 15) is 4.79 Å². The topological polar surface area (TPSA) is 78.7 Å². The van der Waals surface area contributed by atoms with Crippen molar-refractivity contribution in [1.82, 2.24) is 19.1 Å². The molecule has 0 aromatic carbocycles. The van der Waals surface area contributed by atoms with Crippen LogP contribution in [0.5, 0.6) is 0 Å². The third-order valence-electron chi connectivity index (χ3n) is 2.87. The van der Waals surface area contributed by atoms with Crippen molar-refractivity contribution < 1.29 is 0 Å². The predicted octanol–water partition coefficient (Wildman–Crippen LogP) is 1.81. The molecule has 0 radical (unpaired) electrons. The first kappa shape index (κ1) is 13.6. The number of imidazole rings is 1. The lowest BCUT2D eigenvalue weighted by Crippen LogP contribution is -2.24. The zero-order valence-electron chi connectivity index (χ0n) is 10.8. The average molecular weight is 282 g/mol. The van der Waals surface area contributed by atoms with E-state index in [1.54, 1.807) is 10.6 Å². The molecule has 0 aliphatic rings. The third kappa shape index (κ3) is 2.35. The van der Waals surface area contributed by atoms with Crippen LogP contribution in [-0.2, 0) is 13.1 Å². The Kier molecular flexibility index (Phi) is 3.90. The number of nitrogen functional groups attached to an aromatic ring is 1. The van der Waals surface area contributed by atoms with Crippen LogP contribution in [0.1, 0.15) is 19.8 Å². The molecule has 0 aliphatic heterocycles. The summed E-state index contributed by atoms with van der Waals surface area (Å²) in [6.07, 6.45) is 3.50. The van der Waals surface area contributed by atoms with Gasteiger partial charge < -0.3 is 5.73 Å². The van der Waals surface area contributed by atoms with E-state index in [2.05, 4.69) is 23.5 Å². The summed E-state index contributed by atoms with van der Waals surface area (Å²) in [4.78, 5) is 20.4. The normalized spacial score (nSPS) is 11.1. The third-order valence-corrected chi connectivity index (χ3v) is 3.14. The summed E-state index contributed by atoms with van der Waals surface area (Å²) in [6.45, 7) is 6.65. The Morgan fingerprint density at radius 1 is 1.42 bits per heavy atom. The summed E-state index contributed by atoms with van der Waals surface area (Å²) < 4.78 is 3.10. The molecule has 102 valence electrons. The smallest absolute Gasteiger partial charge is 0.330 e. The van der Waals surface area contributed by atoms with Gasteiger partial charge in [0.1, 0.15) is 5.52 Å². The second-order valence-electron chi connectivity index (χ2n) is 4.23. The van der Waals surface area contributed by atoms with Crippen LogP contribution in [0.2, 0.25) is 5.15 Å². The summed E-state index contributed by atoms with van der Waals surface area (Å²) >= 11 is 6.08. The van der Waals surface area contributed by atoms with Crippen LogP contribution >= 0.6 is 11.6 Å². The standard InChI is InChI=1S/C12H16ClN5O/c1-3-5-7-18-10-8(9(13)15-11(14)16-10)17(6-4-2)12(18)19/h4H,2-3,5-7H2,1H3,(H2,14,15,16). The molecule has 2 aromatic heterocycles. The Bertz CT molecular complexity index is 673. The second kappa shape index (κ2) is 5.44. The van der Waals surface area contributed by atoms with Gasteiger partial charge in [-0.1, -0.05) is 31.0 Å². The number of aryl methyl sites for hydroxylation is 1. The van der Waals surface area contributed by atoms with Gasteiger partial charge in [0, 0.05) is 13.1 Å². The summed E-state index contributed by atoms with van der Waals surface area (Å²) in [6, 6.07) is 0. The van der Waals surface area contributed by atoms with Gasteiger partial charge in [0.2, 0.25) is 5.95 Å². The molecule has 6 nitrogen and oxygen atoms in total. The maximum atomic E-state index is 12.4. The lowest BCUT2D eigenvalue weighted by atomic mass is 10.3. The van der Waals surface area contributed by atoms with Gasteiger partial charge in [0.15, 0.2) is 10.8 Å². The van der Waals surface area contributed by atoms with E-state index >= 15 is 0 Å². The molecule has 0 bridgehead atoms. The number of anilines is 1. The maximum Gasteiger partial charge on any atom is 0.330 e. The summed E-state index contributed by atoms with van der Waals surface area (Å²) in [5.74, 6) is 0.0681. The van der Waals surface area contributed by atoms with Crippen LogP contribution in [0, 0.1) is 0 Å². The van der Waals surface area contributed by atoms with Crippen LogP contribution in [0.4, 0.5) is 5.95 Å². The SMILES string of the molecule is C=CCn1c(=O)n(CCCC)c2nc(N)nc(Cl)c21. The van der Waals surface area contributed by atoms with E-state index < -0.39 is 0 Å². The van der Waals surface area contributed by atoms with Crippen LogP contribution in [0.15, 0.2) is 17.4 Å². The number of nitrogens with two attached hydrogens (primary N) is 1. The number of rotatable bonds is 5. The Morgan fingerprint density at radius 2 is 2.16 bits per heavy atom. The lowest BCUT2D eigenvalue weighted by Gasteiger charge is -2.01. The molecule has 0 atom stereocenters. The minimum absolute atomic E-state index is 0.0681. The molecule has 2 aromatic rings. The molecule has 0 unspecified atom stereocenters. The van der Waals surface area contributed by atoms with Crippen molar-refractivity contribution in [1.29, 1.82) is 0 Å². The quantitative estimate of drug-likeness (QED) is 0.670. The highest BCUT2D eigenvalue weighted by molar-refractivity contribution is 6.33. The van der Waals surface area contributed by atoms with Gasteiger partial charge in [-0.15, -0.1) is 6.58 Å². The first-order valence-electron chi connectivity index (χ1n) is 6.13. The van der Waals surface area contributed by atoms with Crippen molar-refractivity contribution in [3.63, 3.8) is 0 Å². The van der Waals surface area contributed by atoms with Crippen LogP contribution in [0.25, 0.3) is 11.2 Å². The largest absolute Gasteiger partial charge is 0.368 e. The molecule has 2 rings (SSSR count).